The molecule has 12 heteroatoms. The molecule has 2 saturated heterocycles. The van der Waals surface area contributed by atoms with E-state index in [0.717, 1.165) is 42.1 Å². The van der Waals surface area contributed by atoms with E-state index in [1.165, 1.54) is 6.42 Å². The number of piperazine rings is 1. The monoisotopic (exact) mass is 618 g/mol. The van der Waals surface area contributed by atoms with Gasteiger partial charge in [0.2, 0.25) is 5.95 Å². The highest BCUT2D eigenvalue weighted by atomic mass is 16.6. The Labute approximate surface area is 266 Å². The van der Waals surface area contributed by atoms with Gasteiger partial charge in [-0.05, 0) is 59.2 Å². The summed E-state index contributed by atoms with van der Waals surface area (Å²) in [6.45, 7) is 9.86. The van der Waals surface area contributed by atoms with Gasteiger partial charge in [0, 0.05) is 51.4 Å². The van der Waals surface area contributed by atoms with E-state index < -0.39 is 11.7 Å². The number of rotatable bonds is 7. The second kappa shape index (κ2) is 13.9. The van der Waals surface area contributed by atoms with Gasteiger partial charge in [-0.15, -0.1) is 0 Å². The Bertz CT molecular complexity index is 1390. The van der Waals surface area contributed by atoms with Crippen molar-refractivity contribution < 1.29 is 19.1 Å². The van der Waals surface area contributed by atoms with Gasteiger partial charge in [0.1, 0.15) is 18.0 Å². The molecule has 2 atom stereocenters. The van der Waals surface area contributed by atoms with Gasteiger partial charge in [-0.25, -0.2) is 14.6 Å². The van der Waals surface area contributed by atoms with E-state index in [2.05, 4.69) is 27.8 Å². The molecule has 0 aliphatic carbocycles. The number of likely N-dealkylation sites (tertiary alicyclic amines) is 1. The van der Waals surface area contributed by atoms with Gasteiger partial charge in [0.15, 0.2) is 0 Å². The quantitative estimate of drug-likeness (QED) is 0.450. The molecule has 2 fully saturated rings. The first kappa shape index (κ1) is 32.3. The number of likely N-dealkylation sites (N-methyl/N-ethyl adjacent to an activating group) is 2. The summed E-state index contributed by atoms with van der Waals surface area (Å²) in [4.78, 5) is 46.3. The van der Waals surface area contributed by atoms with Crippen LogP contribution in [0.25, 0.3) is 0 Å². The van der Waals surface area contributed by atoms with Crippen LogP contribution >= 0.6 is 0 Å². The van der Waals surface area contributed by atoms with Crippen molar-refractivity contribution in [2.24, 2.45) is 0 Å². The number of aromatic nitrogens is 2. The van der Waals surface area contributed by atoms with E-state index in [4.69, 9.17) is 19.4 Å². The summed E-state index contributed by atoms with van der Waals surface area (Å²) < 4.78 is 11.3. The van der Waals surface area contributed by atoms with E-state index in [1.807, 2.05) is 58.2 Å². The number of carbonyl (C=O) groups excluding carboxylic acids is 2. The molecule has 12 nitrogen and oxygen atoms in total. The predicted molar refractivity (Wildman–Crippen MR) is 171 cm³/mol. The van der Waals surface area contributed by atoms with Crippen LogP contribution in [-0.4, -0.2) is 108 Å². The van der Waals surface area contributed by atoms with Gasteiger partial charge in [-0.3, -0.25) is 0 Å². The SMILES string of the molecule is CN(C[C@@H]1CCCN1C)c1nc2c(c(N3CCN(C(=O)OCc4ccccc4)[C@@H](CC#N)C3)n1)CCN(C(=O)OC(C)(C)C)C2. The van der Waals surface area contributed by atoms with Crippen LogP contribution in [0.1, 0.15) is 56.9 Å². The zero-order chi connectivity index (χ0) is 32.1. The summed E-state index contributed by atoms with van der Waals surface area (Å²) in [5.74, 6) is 1.42. The minimum absolute atomic E-state index is 0.178. The fourth-order valence-electron chi connectivity index (χ4n) is 6.29. The fourth-order valence-corrected chi connectivity index (χ4v) is 6.29. The lowest BCUT2D eigenvalue weighted by Gasteiger charge is -2.42. The van der Waals surface area contributed by atoms with Crippen LogP contribution in [0.3, 0.4) is 0 Å². The Morgan fingerprint density at radius 3 is 2.53 bits per heavy atom. The maximum atomic E-state index is 13.2. The van der Waals surface area contributed by atoms with Crippen molar-refractivity contribution in [1.82, 2.24) is 24.7 Å². The Kier molecular flexibility index (Phi) is 9.97. The summed E-state index contributed by atoms with van der Waals surface area (Å²) in [7, 11) is 4.17. The molecule has 2 aromatic rings. The van der Waals surface area contributed by atoms with Crippen LogP contribution in [0, 0.1) is 11.3 Å². The molecule has 0 radical (unpaired) electrons. The van der Waals surface area contributed by atoms with Gasteiger partial charge >= 0.3 is 12.2 Å². The van der Waals surface area contributed by atoms with E-state index in [-0.39, 0.29) is 25.2 Å². The smallest absolute Gasteiger partial charge is 0.410 e. The lowest BCUT2D eigenvalue weighted by atomic mass is 10.0. The molecule has 242 valence electrons. The number of fused-ring (bicyclic) bond motifs is 1. The minimum Gasteiger partial charge on any atom is -0.445 e. The zero-order valence-electron chi connectivity index (χ0n) is 27.2. The standard InChI is InChI=1S/C33H46N8O4/c1-33(2,3)45-31(42)40-17-14-27-28(22-40)35-30(38(5)20-25-12-9-16-37(25)4)36-29(27)39-18-19-41(26(21-39)13-15-34)32(43)44-23-24-10-7-6-8-11-24/h6-8,10-11,25-26H,9,12-14,16-23H2,1-5H3/t25-,26-/m0/s1. The van der Waals surface area contributed by atoms with Crippen molar-refractivity contribution in [3.8, 4) is 6.07 Å². The van der Waals surface area contributed by atoms with E-state index in [1.54, 1.807) is 9.80 Å². The fraction of sp³-hybridized carbons (Fsp3) is 0.606. The molecule has 0 unspecified atom stereocenters. The van der Waals surface area contributed by atoms with Crippen LogP contribution in [0.4, 0.5) is 21.4 Å². The van der Waals surface area contributed by atoms with Crippen LogP contribution in [-0.2, 0) is 29.0 Å². The number of amides is 2. The Hall–Kier alpha value is -4.11. The number of carbonyl (C=O) groups is 2. The van der Waals surface area contributed by atoms with Crippen LogP contribution in [0.2, 0.25) is 0 Å². The number of nitrogens with zero attached hydrogens (tertiary/aromatic N) is 8. The highest BCUT2D eigenvalue weighted by molar-refractivity contribution is 5.70. The topological polar surface area (TPSA) is 118 Å². The van der Waals surface area contributed by atoms with Gasteiger partial charge in [0.25, 0.3) is 0 Å². The van der Waals surface area contributed by atoms with Gasteiger partial charge < -0.3 is 34.0 Å². The number of hydrogen-bond acceptors (Lipinski definition) is 10. The molecule has 2 amide bonds. The van der Waals surface area contributed by atoms with Gasteiger partial charge in [0.05, 0.1) is 30.8 Å². The molecule has 45 heavy (non-hydrogen) atoms. The minimum atomic E-state index is -0.593. The average molecular weight is 619 g/mol. The molecule has 1 aromatic heterocycles. The third kappa shape index (κ3) is 7.95. The lowest BCUT2D eigenvalue weighted by Crippen LogP contribution is -2.56. The summed E-state index contributed by atoms with van der Waals surface area (Å²) in [5.41, 5.74) is 2.13. The van der Waals surface area contributed by atoms with Crippen molar-refractivity contribution in [3.05, 3.63) is 47.2 Å². The number of nitriles is 1. The molecule has 5 rings (SSSR count). The Morgan fingerprint density at radius 1 is 1.07 bits per heavy atom. The summed E-state index contributed by atoms with van der Waals surface area (Å²) in [6, 6.07) is 11.9. The van der Waals surface area contributed by atoms with Crippen molar-refractivity contribution in [1.29, 1.82) is 5.26 Å². The van der Waals surface area contributed by atoms with Crippen molar-refractivity contribution in [2.45, 2.75) is 77.3 Å². The van der Waals surface area contributed by atoms with E-state index in [9.17, 15) is 14.9 Å². The number of anilines is 2. The molecule has 0 saturated carbocycles. The molecule has 3 aliphatic heterocycles. The number of benzene rings is 1. The molecular weight excluding hydrogens is 572 g/mol. The average Bonchev–Trinajstić information content (AvgIpc) is 3.42. The highest BCUT2D eigenvalue weighted by Crippen LogP contribution is 2.32. The molecule has 1 aromatic carbocycles. The first-order valence-corrected chi connectivity index (χ1v) is 15.9. The van der Waals surface area contributed by atoms with E-state index in [0.29, 0.717) is 51.1 Å². The number of ether oxygens (including phenoxy) is 2. The van der Waals surface area contributed by atoms with Crippen molar-refractivity contribution >= 4 is 24.0 Å². The first-order valence-electron chi connectivity index (χ1n) is 15.9. The number of hydrogen-bond donors (Lipinski definition) is 0. The molecule has 0 spiro atoms. The third-order valence-electron chi connectivity index (χ3n) is 8.73. The predicted octanol–water partition coefficient (Wildman–Crippen LogP) is 4.04. The molecule has 0 bridgehead atoms. The Morgan fingerprint density at radius 2 is 1.84 bits per heavy atom. The highest BCUT2D eigenvalue weighted by Gasteiger charge is 2.36. The normalized spacial score (nSPS) is 20.4. The van der Waals surface area contributed by atoms with Gasteiger partial charge in [-0.1, -0.05) is 30.3 Å². The second-order valence-corrected chi connectivity index (χ2v) is 13.3. The molecule has 4 heterocycles. The molecule has 3 aliphatic rings. The maximum absolute atomic E-state index is 13.2. The van der Waals surface area contributed by atoms with E-state index >= 15 is 0 Å². The largest absolute Gasteiger partial charge is 0.445 e. The van der Waals surface area contributed by atoms with Crippen LogP contribution in [0.5, 0.6) is 0 Å². The van der Waals surface area contributed by atoms with Crippen LogP contribution < -0.4 is 9.80 Å². The van der Waals surface area contributed by atoms with Crippen molar-refractivity contribution in [2.75, 3.05) is 63.2 Å². The maximum Gasteiger partial charge on any atom is 0.410 e. The first-order chi connectivity index (χ1) is 21.5. The molecular formula is C33H46N8O4. The van der Waals surface area contributed by atoms with Gasteiger partial charge in [-0.2, -0.15) is 10.2 Å². The summed E-state index contributed by atoms with van der Waals surface area (Å²) >= 11 is 0. The summed E-state index contributed by atoms with van der Waals surface area (Å²) in [5, 5.41) is 9.68. The van der Waals surface area contributed by atoms with Crippen molar-refractivity contribution in [3.63, 3.8) is 0 Å². The van der Waals surface area contributed by atoms with Crippen LogP contribution in [0.15, 0.2) is 30.3 Å². The molecule has 0 N–H and O–H groups in total. The Balaban J connectivity index is 1.38. The summed E-state index contributed by atoms with van der Waals surface area (Å²) in [6.07, 6.45) is 2.29. The lowest BCUT2D eigenvalue weighted by molar-refractivity contribution is 0.0220. The second-order valence-electron chi connectivity index (χ2n) is 13.3. The third-order valence-corrected chi connectivity index (χ3v) is 8.73. The zero-order valence-corrected chi connectivity index (χ0v) is 27.2.